The lowest BCUT2D eigenvalue weighted by atomic mass is 10.2. The van der Waals surface area contributed by atoms with E-state index in [0.717, 1.165) is 21.8 Å². The van der Waals surface area contributed by atoms with E-state index in [0.29, 0.717) is 16.8 Å². The van der Waals surface area contributed by atoms with Crippen LogP contribution in [0.2, 0.25) is 0 Å². The highest BCUT2D eigenvalue weighted by molar-refractivity contribution is 7.97. The van der Waals surface area contributed by atoms with E-state index < -0.39 is 32.5 Å². The molecule has 1 aromatic heterocycles. The number of thiophene rings is 1. The molecule has 0 saturated heterocycles. The summed E-state index contributed by atoms with van der Waals surface area (Å²) in [6.45, 7) is 1.84. The van der Waals surface area contributed by atoms with Crippen LogP contribution in [0.3, 0.4) is 0 Å². The zero-order valence-corrected chi connectivity index (χ0v) is 19.1. The molecule has 7 nitrogen and oxygen atoms in total. The van der Waals surface area contributed by atoms with Gasteiger partial charge in [-0.2, -0.15) is 0 Å². The number of fused-ring (bicyclic) bond motifs is 1. The lowest BCUT2D eigenvalue weighted by Crippen LogP contribution is -2.38. The van der Waals surface area contributed by atoms with Gasteiger partial charge in [0.25, 0.3) is 10.0 Å². The number of nitrogens with one attached hydrogen (secondary N) is 1. The fraction of sp³-hybridized carbons (Fsp3) is 0.130. The van der Waals surface area contributed by atoms with Crippen LogP contribution in [0.1, 0.15) is 32.5 Å². The molecule has 0 radical (unpaired) electrons. The first-order chi connectivity index (χ1) is 15.8. The summed E-state index contributed by atoms with van der Waals surface area (Å²) in [5.74, 6) is -1.57. The Hall–Kier alpha value is -3.50. The number of esters is 1. The number of anilines is 2. The molecule has 2 aromatic carbocycles. The molecule has 170 valence electrons. The lowest BCUT2D eigenvalue weighted by molar-refractivity contribution is 0.0526. The number of ketones is 1. The van der Waals surface area contributed by atoms with Crippen molar-refractivity contribution < 1.29 is 27.1 Å². The van der Waals surface area contributed by atoms with E-state index >= 15 is 0 Å². The van der Waals surface area contributed by atoms with Gasteiger partial charge in [-0.15, -0.1) is 11.3 Å². The summed E-state index contributed by atoms with van der Waals surface area (Å²) in [7, 11) is -4.21. The summed E-state index contributed by atoms with van der Waals surface area (Å²) in [4.78, 5) is 24.6. The molecule has 1 aliphatic heterocycles. The summed E-state index contributed by atoms with van der Waals surface area (Å²) in [5, 5.41) is 4.46. The molecular weight excluding hydrogens is 467 g/mol. The first-order valence-electron chi connectivity index (χ1n) is 9.94. The van der Waals surface area contributed by atoms with Gasteiger partial charge in [0.15, 0.2) is 4.91 Å². The van der Waals surface area contributed by atoms with Gasteiger partial charge in [0.05, 0.1) is 24.4 Å². The van der Waals surface area contributed by atoms with E-state index in [4.69, 9.17) is 4.74 Å². The Labute approximate surface area is 194 Å². The van der Waals surface area contributed by atoms with Crippen LogP contribution in [0.15, 0.2) is 71.1 Å². The van der Waals surface area contributed by atoms with Gasteiger partial charge in [-0.3, -0.25) is 9.10 Å². The Kier molecular flexibility index (Phi) is 6.30. The number of Topliss-reactive ketones (excluding diaryl/α,β-unsaturated/α-hetero) is 1. The van der Waals surface area contributed by atoms with Crippen molar-refractivity contribution in [3.8, 4) is 0 Å². The summed E-state index contributed by atoms with van der Waals surface area (Å²) in [6, 6.07) is 13.4. The Morgan fingerprint density at radius 3 is 2.64 bits per heavy atom. The lowest BCUT2D eigenvalue weighted by Gasteiger charge is -2.29. The van der Waals surface area contributed by atoms with Crippen LogP contribution in [-0.2, 0) is 21.3 Å². The minimum atomic E-state index is -4.21. The number of carbonyl (C=O) groups is 2. The van der Waals surface area contributed by atoms with Gasteiger partial charge < -0.3 is 10.1 Å². The minimum absolute atomic E-state index is 0.122. The zero-order chi connectivity index (χ0) is 23.6. The Morgan fingerprint density at radius 2 is 1.94 bits per heavy atom. The fourth-order valence-corrected chi connectivity index (χ4v) is 5.81. The number of sulfonamides is 1. The average Bonchev–Trinajstić information content (AvgIpc) is 3.27. The van der Waals surface area contributed by atoms with Crippen molar-refractivity contribution in [2.75, 3.05) is 16.2 Å². The van der Waals surface area contributed by atoms with Gasteiger partial charge >= 0.3 is 5.97 Å². The van der Waals surface area contributed by atoms with Gasteiger partial charge in [0.1, 0.15) is 10.7 Å². The maximum atomic E-state index is 13.6. The molecule has 3 aromatic rings. The Balaban J connectivity index is 1.65. The van der Waals surface area contributed by atoms with E-state index in [1.807, 2.05) is 0 Å². The maximum Gasteiger partial charge on any atom is 0.338 e. The predicted molar refractivity (Wildman–Crippen MR) is 124 cm³/mol. The highest BCUT2D eigenvalue weighted by atomic mass is 32.2. The van der Waals surface area contributed by atoms with Crippen LogP contribution in [0.25, 0.3) is 0 Å². The van der Waals surface area contributed by atoms with E-state index in [1.54, 1.807) is 36.6 Å². The maximum absolute atomic E-state index is 13.6. The zero-order valence-electron chi connectivity index (χ0n) is 17.4. The molecule has 10 heteroatoms. The van der Waals surface area contributed by atoms with Gasteiger partial charge in [0.2, 0.25) is 5.78 Å². The van der Waals surface area contributed by atoms with Crippen molar-refractivity contribution in [2.45, 2.75) is 13.5 Å². The quantitative estimate of drug-likeness (QED) is 0.406. The number of rotatable bonds is 6. The Bertz CT molecular complexity index is 1350. The summed E-state index contributed by atoms with van der Waals surface area (Å²) >= 11 is 1.14. The smallest absolute Gasteiger partial charge is 0.338 e. The summed E-state index contributed by atoms with van der Waals surface area (Å²) in [6.07, 6.45) is 1.14. The van der Waals surface area contributed by atoms with Gasteiger partial charge in [-0.25, -0.2) is 17.6 Å². The molecule has 1 aliphatic rings. The molecular formula is C23H19FN2O5S2. The molecule has 0 unspecified atom stereocenters. The number of carbonyl (C=O) groups excluding carboxylic acids is 2. The molecule has 2 heterocycles. The third kappa shape index (κ3) is 4.53. The van der Waals surface area contributed by atoms with Crippen molar-refractivity contribution in [1.82, 2.24) is 0 Å². The van der Waals surface area contributed by atoms with E-state index in [9.17, 15) is 22.4 Å². The second-order valence-electron chi connectivity index (χ2n) is 7.06. The third-order valence-corrected chi connectivity index (χ3v) is 7.56. The molecule has 0 spiro atoms. The monoisotopic (exact) mass is 486 g/mol. The van der Waals surface area contributed by atoms with Gasteiger partial charge in [0, 0.05) is 11.9 Å². The summed E-state index contributed by atoms with van der Waals surface area (Å²) in [5.41, 5.74) is 1.55. The van der Waals surface area contributed by atoms with Crippen LogP contribution >= 0.6 is 11.3 Å². The van der Waals surface area contributed by atoms with E-state index in [-0.39, 0.29) is 23.7 Å². The van der Waals surface area contributed by atoms with Gasteiger partial charge in [-0.05, 0) is 60.3 Å². The number of allylic oxidation sites excluding steroid dienone is 1. The van der Waals surface area contributed by atoms with E-state index in [2.05, 4.69) is 5.32 Å². The highest BCUT2D eigenvalue weighted by Crippen LogP contribution is 2.39. The highest BCUT2D eigenvalue weighted by Gasteiger charge is 2.41. The van der Waals surface area contributed by atoms with Crippen molar-refractivity contribution in [3.63, 3.8) is 0 Å². The second kappa shape index (κ2) is 9.16. The normalized spacial score (nSPS) is 15.9. The topological polar surface area (TPSA) is 92.8 Å². The number of hydrogen-bond donors (Lipinski definition) is 1. The van der Waals surface area contributed by atoms with Crippen molar-refractivity contribution in [1.29, 1.82) is 0 Å². The first-order valence-corrected chi connectivity index (χ1v) is 12.3. The Morgan fingerprint density at radius 1 is 1.18 bits per heavy atom. The number of halogens is 1. The van der Waals surface area contributed by atoms with Crippen molar-refractivity contribution in [2.24, 2.45) is 0 Å². The molecule has 0 bridgehead atoms. The SMILES string of the molecule is CCOC(=O)c1ccc(N/C=C2/C(=O)c3sccc3N(Cc3cccc(F)c3)S2(=O)=O)cc1. The van der Waals surface area contributed by atoms with Crippen LogP contribution in [0, 0.1) is 5.82 Å². The van der Waals surface area contributed by atoms with Crippen molar-refractivity contribution in [3.05, 3.63) is 92.9 Å². The number of hydrogen-bond acceptors (Lipinski definition) is 7. The number of ether oxygens (including phenoxy) is 1. The standard InChI is InChI=1S/C23H19FN2O5S2/c1-2-31-23(28)16-6-8-18(9-7-16)25-13-20-21(27)22-19(10-11-32-22)26(33(20,29)30)14-15-4-3-5-17(24)12-15/h3-13,25H,2,14H2,1H3/b20-13-. The number of nitrogens with zero attached hydrogens (tertiary/aromatic N) is 1. The third-order valence-electron chi connectivity index (χ3n) is 4.89. The molecule has 0 atom stereocenters. The molecule has 0 aliphatic carbocycles. The van der Waals surface area contributed by atoms with Crippen LogP contribution in [0.4, 0.5) is 15.8 Å². The molecule has 0 saturated carbocycles. The van der Waals surface area contributed by atoms with E-state index in [1.165, 1.54) is 30.3 Å². The molecule has 0 amide bonds. The van der Waals surface area contributed by atoms with Crippen molar-refractivity contribution >= 4 is 44.5 Å². The average molecular weight is 487 g/mol. The fourth-order valence-electron chi connectivity index (χ4n) is 3.32. The predicted octanol–water partition coefficient (Wildman–Crippen LogP) is 4.55. The second-order valence-corrected chi connectivity index (χ2v) is 9.80. The van der Waals surface area contributed by atoms with Crippen LogP contribution in [-0.4, -0.2) is 26.8 Å². The molecule has 0 fully saturated rings. The first kappa shape index (κ1) is 22.7. The van der Waals surface area contributed by atoms with Crippen LogP contribution < -0.4 is 9.62 Å². The molecule has 4 rings (SSSR count). The van der Waals surface area contributed by atoms with Crippen LogP contribution in [0.5, 0.6) is 0 Å². The molecule has 33 heavy (non-hydrogen) atoms. The largest absolute Gasteiger partial charge is 0.462 e. The summed E-state index contributed by atoms with van der Waals surface area (Å²) < 4.78 is 46.4. The minimum Gasteiger partial charge on any atom is -0.462 e. The number of benzene rings is 2. The molecule has 1 N–H and O–H groups in total. The van der Waals surface area contributed by atoms with Gasteiger partial charge in [-0.1, -0.05) is 12.1 Å².